The fourth-order valence-corrected chi connectivity index (χ4v) is 2.98. The number of nitrogens with two attached hydrogens (primary N) is 1. The zero-order chi connectivity index (χ0) is 12.3. The van der Waals surface area contributed by atoms with Crippen molar-refractivity contribution in [1.82, 2.24) is 9.80 Å². The first-order valence-corrected chi connectivity index (χ1v) is 6.93. The molecule has 2 fully saturated rings. The number of rotatable bonds is 3. The summed E-state index contributed by atoms with van der Waals surface area (Å²) in [6.45, 7) is 7.26. The van der Waals surface area contributed by atoms with E-state index in [4.69, 9.17) is 5.73 Å². The van der Waals surface area contributed by atoms with Crippen molar-refractivity contribution in [2.24, 2.45) is 11.7 Å². The van der Waals surface area contributed by atoms with Gasteiger partial charge in [-0.05, 0) is 45.2 Å². The maximum Gasteiger partial charge on any atom is 0.239 e. The van der Waals surface area contributed by atoms with Gasteiger partial charge in [-0.3, -0.25) is 4.79 Å². The summed E-state index contributed by atoms with van der Waals surface area (Å²) in [6, 6.07) is -0.344. The van der Waals surface area contributed by atoms with E-state index >= 15 is 0 Å². The zero-order valence-electron chi connectivity index (χ0n) is 10.9. The van der Waals surface area contributed by atoms with Gasteiger partial charge in [0.2, 0.25) is 5.91 Å². The minimum atomic E-state index is -0.344. The van der Waals surface area contributed by atoms with Crippen molar-refractivity contribution in [3.8, 4) is 0 Å². The largest absolute Gasteiger partial charge is 0.341 e. The number of amides is 1. The molecule has 0 aliphatic carbocycles. The Balaban J connectivity index is 1.75. The first-order valence-electron chi connectivity index (χ1n) is 6.93. The molecule has 0 radical (unpaired) electrons. The lowest BCUT2D eigenvalue weighted by atomic mass is 10.1. The second-order valence-corrected chi connectivity index (χ2v) is 5.59. The van der Waals surface area contributed by atoms with Crippen LogP contribution in [0.15, 0.2) is 0 Å². The number of piperidine rings is 1. The average Bonchev–Trinajstić information content (AvgIpc) is 2.77. The standard InChI is InChI=1S/C13H25N3O/c1-11(14)13(17)16-8-5-12(10-16)9-15-6-3-2-4-7-15/h11-12H,2-10,14H2,1H3. The summed E-state index contributed by atoms with van der Waals surface area (Å²) in [6.07, 6.45) is 5.22. The van der Waals surface area contributed by atoms with Gasteiger partial charge in [0, 0.05) is 19.6 Å². The Morgan fingerprint density at radius 3 is 2.65 bits per heavy atom. The summed E-state index contributed by atoms with van der Waals surface area (Å²) in [5.41, 5.74) is 5.64. The molecule has 4 heteroatoms. The van der Waals surface area contributed by atoms with Crippen LogP contribution >= 0.6 is 0 Å². The van der Waals surface area contributed by atoms with Crippen LogP contribution in [0.25, 0.3) is 0 Å². The molecule has 0 aromatic heterocycles. The molecule has 2 N–H and O–H groups in total. The van der Waals surface area contributed by atoms with Gasteiger partial charge in [-0.25, -0.2) is 0 Å². The maximum atomic E-state index is 11.8. The predicted octanol–water partition coefficient (Wildman–Crippen LogP) is 0.668. The summed E-state index contributed by atoms with van der Waals surface area (Å²) >= 11 is 0. The summed E-state index contributed by atoms with van der Waals surface area (Å²) in [5, 5.41) is 0. The van der Waals surface area contributed by atoms with Gasteiger partial charge >= 0.3 is 0 Å². The van der Waals surface area contributed by atoms with E-state index in [-0.39, 0.29) is 11.9 Å². The predicted molar refractivity (Wildman–Crippen MR) is 68.6 cm³/mol. The second-order valence-electron chi connectivity index (χ2n) is 5.59. The van der Waals surface area contributed by atoms with Crippen LogP contribution in [-0.4, -0.2) is 54.5 Å². The van der Waals surface area contributed by atoms with Crippen molar-refractivity contribution in [2.75, 3.05) is 32.7 Å². The number of nitrogens with zero attached hydrogens (tertiary/aromatic N) is 2. The number of hydrogen-bond acceptors (Lipinski definition) is 3. The van der Waals surface area contributed by atoms with Crippen LogP contribution in [0.3, 0.4) is 0 Å². The van der Waals surface area contributed by atoms with Gasteiger partial charge in [0.15, 0.2) is 0 Å². The topological polar surface area (TPSA) is 49.6 Å². The van der Waals surface area contributed by atoms with Gasteiger partial charge in [-0.1, -0.05) is 6.42 Å². The molecule has 2 atom stereocenters. The number of carbonyl (C=O) groups excluding carboxylic acids is 1. The molecular formula is C13H25N3O. The summed E-state index contributed by atoms with van der Waals surface area (Å²) in [4.78, 5) is 16.3. The molecule has 0 aromatic rings. The van der Waals surface area contributed by atoms with Crippen LogP contribution in [-0.2, 0) is 4.79 Å². The zero-order valence-corrected chi connectivity index (χ0v) is 10.9. The van der Waals surface area contributed by atoms with Crippen LogP contribution in [0.4, 0.5) is 0 Å². The van der Waals surface area contributed by atoms with E-state index in [1.54, 1.807) is 6.92 Å². The molecule has 4 nitrogen and oxygen atoms in total. The van der Waals surface area contributed by atoms with Gasteiger partial charge in [0.25, 0.3) is 0 Å². The van der Waals surface area contributed by atoms with Crippen molar-refractivity contribution in [2.45, 2.75) is 38.6 Å². The highest BCUT2D eigenvalue weighted by Gasteiger charge is 2.29. The smallest absolute Gasteiger partial charge is 0.239 e. The molecule has 2 saturated heterocycles. The van der Waals surface area contributed by atoms with E-state index in [0.29, 0.717) is 5.92 Å². The SMILES string of the molecule is CC(N)C(=O)N1CCC(CN2CCCCC2)C1. The van der Waals surface area contributed by atoms with Gasteiger partial charge in [0.05, 0.1) is 6.04 Å². The molecule has 0 spiro atoms. The van der Waals surface area contributed by atoms with E-state index < -0.39 is 0 Å². The highest BCUT2D eigenvalue weighted by atomic mass is 16.2. The molecule has 2 aliphatic heterocycles. The van der Waals surface area contributed by atoms with Crippen LogP contribution in [0.2, 0.25) is 0 Å². The molecule has 0 saturated carbocycles. The fourth-order valence-electron chi connectivity index (χ4n) is 2.98. The minimum absolute atomic E-state index is 0.117. The van der Waals surface area contributed by atoms with Gasteiger partial charge in [-0.15, -0.1) is 0 Å². The Morgan fingerprint density at radius 2 is 2.00 bits per heavy atom. The quantitative estimate of drug-likeness (QED) is 0.787. The maximum absolute atomic E-state index is 11.8. The first kappa shape index (κ1) is 12.8. The molecular weight excluding hydrogens is 214 g/mol. The molecule has 1 amide bonds. The fraction of sp³-hybridized carbons (Fsp3) is 0.923. The van der Waals surface area contributed by atoms with E-state index in [1.807, 2.05) is 4.90 Å². The minimum Gasteiger partial charge on any atom is -0.341 e. The highest BCUT2D eigenvalue weighted by Crippen LogP contribution is 2.20. The Hall–Kier alpha value is -0.610. The van der Waals surface area contributed by atoms with Gasteiger partial charge in [0.1, 0.15) is 0 Å². The third kappa shape index (κ3) is 3.42. The van der Waals surface area contributed by atoms with Crippen molar-refractivity contribution in [3.63, 3.8) is 0 Å². The molecule has 0 aromatic carbocycles. The average molecular weight is 239 g/mol. The summed E-state index contributed by atoms with van der Waals surface area (Å²) in [7, 11) is 0. The number of carbonyl (C=O) groups is 1. The molecule has 2 rings (SSSR count). The molecule has 2 aliphatic rings. The van der Waals surface area contributed by atoms with E-state index in [1.165, 1.54) is 38.9 Å². The third-order valence-corrected chi connectivity index (χ3v) is 3.95. The summed E-state index contributed by atoms with van der Waals surface area (Å²) < 4.78 is 0. The third-order valence-electron chi connectivity index (χ3n) is 3.95. The monoisotopic (exact) mass is 239 g/mol. The van der Waals surface area contributed by atoms with Gasteiger partial charge < -0.3 is 15.5 Å². The van der Waals surface area contributed by atoms with Gasteiger partial charge in [-0.2, -0.15) is 0 Å². The Kier molecular flexibility index (Phi) is 4.40. The normalized spacial score (nSPS) is 28.4. The van der Waals surface area contributed by atoms with E-state index in [2.05, 4.69) is 4.90 Å². The van der Waals surface area contributed by atoms with Crippen molar-refractivity contribution in [3.05, 3.63) is 0 Å². The highest BCUT2D eigenvalue weighted by molar-refractivity contribution is 5.81. The lowest BCUT2D eigenvalue weighted by Gasteiger charge is -2.29. The van der Waals surface area contributed by atoms with E-state index in [0.717, 1.165) is 19.5 Å². The lowest BCUT2D eigenvalue weighted by Crippen LogP contribution is -2.41. The Bertz CT molecular complexity index is 261. The van der Waals surface area contributed by atoms with Crippen LogP contribution < -0.4 is 5.73 Å². The van der Waals surface area contributed by atoms with Crippen molar-refractivity contribution < 1.29 is 4.79 Å². The van der Waals surface area contributed by atoms with E-state index in [9.17, 15) is 4.79 Å². The summed E-state index contributed by atoms with van der Waals surface area (Å²) in [5.74, 6) is 0.780. The Morgan fingerprint density at radius 1 is 1.29 bits per heavy atom. The van der Waals surface area contributed by atoms with Crippen molar-refractivity contribution >= 4 is 5.91 Å². The molecule has 0 bridgehead atoms. The lowest BCUT2D eigenvalue weighted by molar-refractivity contribution is -0.131. The molecule has 2 heterocycles. The first-order chi connectivity index (χ1) is 8.16. The number of hydrogen-bond donors (Lipinski definition) is 1. The van der Waals surface area contributed by atoms with Crippen LogP contribution in [0.1, 0.15) is 32.6 Å². The van der Waals surface area contributed by atoms with Crippen LogP contribution in [0.5, 0.6) is 0 Å². The van der Waals surface area contributed by atoms with Crippen molar-refractivity contribution in [1.29, 1.82) is 0 Å². The second kappa shape index (κ2) is 5.83. The van der Waals surface area contributed by atoms with Crippen LogP contribution in [0, 0.1) is 5.92 Å². The number of likely N-dealkylation sites (tertiary alicyclic amines) is 2. The molecule has 17 heavy (non-hydrogen) atoms. The molecule has 2 unspecified atom stereocenters. The Labute approximate surface area is 104 Å². The molecule has 98 valence electrons.